The number of pyridine rings is 1. The Morgan fingerprint density at radius 2 is 1.86 bits per heavy atom. The molecule has 0 atom stereocenters. The van der Waals surface area contributed by atoms with Crippen molar-refractivity contribution in [3.63, 3.8) is 0 Å². The molecule has 1 aromatic heterocycles. The van der Waals surface area contributed by atoms with Crippen LogP contribution in [-0.4, -0.2) is 37.8 Å². The van der Waals surface area contributed by atoms with E-state index in [9.17, 15) is 4.79 Å². The van der Waals surface area contributed by atoms with Gasteiger partial charge in [0.15, 0.2) is 5.96 Å². The molecule has 0 unspecified atom stereocenters. The zero-order valence-corrected chi connectivity index (χ0v) is 20.2. The number of benzene rings is 1. The molecule has 0 aliphatic rings. The minimum atomic E-state index is 0. The van der Waals surface area contributed by atoms with Crippen molar-refractivity contribution in [1.82, 2.24) is 15.2 Å². The van der Waals surface area contributed by atoms with E-state index in [0.717, 1.165) is 61.9 Å². The van der Waals surface area contributed by atoms with Gasteiger partial charge in [-0.1, -0.05) is 18.2 Å². The number of nitrogens with zero attached hydrogens (tertiary/aromatic N) is 2. The van der Waals surface area contributed by atoms with Gasteiger partial charge < -0.3 is 19.9 Å². The average molecular weight is 512 g/mol. The first-order valence-corrected chi connectivity index (χ1v) is 9.79. The number of aryl methyl sites for hydroxylation is 2. The smallest absolute Gasteiger partial charge is 0.250 e. The number of guanidine groups is 1. The first-order chi connectivity index (χ1) is 13.5. The molecular weight excluding hydrogens is 479 g/mol. The molecule has 0 spiro atoms. The Hall–Kier alpha value is -2.03. The van der Waals surface area contributed by atoms with Gasteiger partial charge in [-0.15, -0.1) is 24.0 Å². The zero-order valence-electron chi connectivity index (χ0n) is 17.8. The van der Waals surface area contributed by atoms with Crippen LogP contribution in [0.5, 0.6) is 5.75 Å². The zero-order chi connectivity index (χ0) is 20.4. The van der Waals surface area contributed by atoms with Gasteiger partial charge in [-0.05, 0) is 56.4 Å². The van der Waals surface area contributed by atoms with E-state index in [2.05, 4.69) is 33.8 Å². The number of ether oxygens (including phenoxy) is 1. The van der Waals surface area contributed by atoms with Crippen molar-refractivity contribution in [3.05, 3.63) is 63.6 Å². The van der Waals surface area contributed by atoms with E-state index in [1.54, 1.807) is 26.3 Å². The maximum Gasteiger partial charge on any atom is 0.250 e. The summed E-state index contributed by atoms with van der Waals surface area (Å²) in [6, 6.07) is 11.7. The van der Waals surface area contributed by atoms with Gasteiger partial charge in [0, 0.05) is 38.4 Å². The summed E-state index contributed by atoms with van der Waals surface area (Å²) in [6.07, 6.45) is 2.81. The Morgan fingerprint density at radius 1 is 1.10 bits per heavy atom. The van der Waals surface area contributed by atoms with Crippen molar-refractivity contribution in [1.29, 1.82) is 0 Å². The van der Waals surface area contributed by atoms with Gasteiger partial charge in [0.05, 0.1) is 7.11 Å². The summed E-state index contributed by atoms with van der Waals surface area (Å²) in [7, 11) is 3.47. The monoisotopic (exact) mass is 512 g/mol. The molecule has 29 heavy (non-hydrogen) atoms. The standard InChI is InChI=1S/C22H32N4O2.HI/c1-17-10-11-19(16-20(17)28-4)12-14-25-22(23-3)24-13-5-6-15-26-18(2)8-7-9-21(26)27;/h7-11,16H,5-6,12-15H2,1-4H3,(H2,23,24,25);1H. The van der Waals surface area contributed by atoms with Crippen LogP contribution >= 0.6 is 24.0 Å². The van der Waals surface area contributed by atoms with Crippen LogP contribution in [0.4, 0.5) is 0 Å². The highest BCUT2D eigenvalue weighted by atomic mass is 127. The van der Waals surface area contributed by atoms with Crippen molar-refractivity contribution in [2.45, 2.75) is 39.7 Å². The number of hydrogen-bond acceptors (Lipinski definition) is 3. The molecule has 0 aliphatic carbocycles. The van der Waals surface area contributed by atoms with Crippen molar-refractivity contribution in [3.8, 4) is 5.75 Å². The first kappa shape index (κ1) is 25.0. The van der Waals surface area contributed by atoms with Gasteiger partial charge >= 0.3 is 0 Å². The van der Waals surface area contributed by atoms with E-state index < -0.39 is 0 Å². The molecule has 2 N–H and O–H groups in total. The lowest BCUT2D eigenvalue weighted by atomic mass is 10.1. The molecule has 0 saturated carbocycles. The van der Waals surface area contributed by atoms with Gasteiger partial charge in [-0.2, -0.15) is 0 Å². The molecule has 2 aromatic rings. The number of aliphatic imine (C=N–C) groups is 1. The molecule has 160 valence electrons. The normalized spacial score (nSPS) is 11.0. The Balaban J connectivity index is 0.00000420. The minimum Gasteiger partial charge on any atom is -0.496 e. The van der Waals surface area contributed by atoms with Crippen LogP contribution in [0.25, 0.3) is 0 Å². The lowest BCUT2D eigenvalue weighted by Gasteiger charge is -2.13. The summed E-state index contributed by atoms with van der Waals surface area (Å²) in [5, 5.41) is 6.67. The fourth-order valence-corrected chi connectivity index (χ4v) is 3.08. The Labute approximate surface area is 190 Å². The summed E-state index contributed by atoms with van der Waals surface area (Å²) < 4.78 is 7.20. The predicted molar refractivity (Wildman–Crippen MR) is 131 cm³/mol. The molecule has 0 bridgehead atoms. The second-order valence-electron chi connectivity index (χ2n) is 6.84. The third kappa shape index (κ3) is 8.08. The predicted octanol–water partition coefficient (Wildman–Crippen LogP) is 3.28. The third-order valence-electron chi connectivity index (χ3n) is 4.77. The van der Waals surface area contributed by atoms with Crippen LogP contribution in [0, 0.1) is 13.8 Å². The molecule has 2 rings (SSSR count). The number of aromatic nitrogens is 1. The molecule has 6 nitrogen and oxygen atoms in total. The highest BCUT2D eigenvalue weighted by molar-refractivity contribution is 14.0. The Morgan fingerprint density at radius 3 is 2.55 bits per heavy atom. The number of unbranched alkanes of at least 4 members (excludes halogenated alkanes) is 1. The van der Waals surface area contributed by atoms with Crippen LogP contribution < -0.4 is 20.9 Å². The number of hydrogen-bond donors (Lipinski definition) is 2. The van der Waals surface area contributed by atoms with E-state index >= 15 is 0 Å². The van der Waals surface area contributed by atoms with Gasteiger partial charge in [0.25, 0.3) is 5.56 Å². The topological polar surface area (TPSA) is 67.7 Å². The molecule has 7 heteroatoms. The fourth-order valence-electron chi connectivity index (χ4n) is 3.08. The van der Waals surface area contributed by atoms with Crippen LogP contribution in [0.2, 0.25) is 0 Å². The van der Waals surface area contributed by atoms with Crippen molar-refractivity contribution in [2.24, 2.45) is 4.99 Å². The van der Waals surface area contributed by atoms with E-state index in [1.807, 2.05) is 24.5 Å². The first-order valence-electron chi connectivity index (χ1n) is 9.79. The average Bonchev–Trinajstić information content (AvgIpc) is 2.69. The van der Waals surface area contributed by atoms with Crippen molar-refractivity contribution >= 4 is 29.9 Å². The number of halogens is 1. The molecular formula is C22H33IN4O2. The number of rotatable bonds is 9. The number of nitrogens with one attached hydrogen (secondary N) is 2. The lowest BCUT2D eigenvalue weighted by molar-refractivity contribution is 0.411. The highest BCUT2D eigenvalue weighted by Crippen LogP contribution is 2.18. The van der Waals surface area contributed by atoms with Crippen LogP contribution in [0.3, 0.4) is 0 Å². The van der Waals surface area contributed by atoms with Gasteiger partial charge in [0.2, 0.25) is 0 Å². The molecule has 0 aliphatic heterocycles. The Bertz CT molecular complexity index is 849. The highest BCUT2D eigenvalue weighted by Gasteiger charge is 2.02. The third-order valence-corrected chi connectivity index (χ3v) is 4.77. The van der Waals surface area contributed by atoms with Gasteiger partial charge in [-0.3, -0.25) is 9.79 Å². The summed E-state index contributed by atoms with van der Waals surface area (Å²) in [4.78, 5) is 16.1. The van der Waals surface area contributed by atoms with E-state index in [4.69, 9.17) is 4.74 Å². The summed E-state index contributed by atoms with van der Waals surface area (Å²) in [5.74, 6) is 1.72. The van der Waals surface area contributed by atoms with E-state index in [-0.39, 0.29) is 29.5 Å². The molecule has 1 aromatic carbocycles. The summed E-state index contributed by atoms with van der Waals surface area (Å²) in [6.45, 7) is 6.37. The van der Waals surface area contributed by atoms with Gasteiger partial charge in [0.1, 0.15) is 5.75 Å². The second-order valence-corrected chi connectivity index (χ2v) is 6.84. The second kappa shape index (κ2) is 13.2. The van der Waals surface area contributed by atoms with Crippen molar-refractivity contribution < 1.29 is 4.74 Å². The molecule has 0 radical (unpaired) electrons. The van der Waals surface area contributed by atoms with E-state index in [1.165, 1.54) is 5.56 Å². The van der Waals surface area contributed by atoms with Crippen molar-refractivity contribution in [2.75, 3.05) is 27.2 Å². The molecule has 0 saturated heterocycles. The number of methoxy groups -OCH3 is 1. The summed E-state index contributed by atoms with van der Waals surface area (Å²) in [5.41, 5.74) is 3.45. The quantitative estimate of drug-likeness (QED) is 0.234. The largest absolute Gasteiger partial charge is 0.496 e. The maximum atomic E-state index is 11.9. The SMILES string of the molecule is CN=C(NCCCCn1c(C)cccc1=O)NCCc1ccc(C)c(OC)c1.I. The van der Waals surface area contributed by atoms with Crippen LogP contribution in [0.1, 0.15) is 29.7 Å². The minimum absolute atomic E-state index is 0. The summed E-state index contributed by atoms with van der Waals surface area (Å²) >= 11 is 0. The molecule has 1 heterocycles. The molecule has 0 fully saturated rings. The van der Waals surface area contributed by atoms with Gasteiger partial charge in [-0.25, -0.2) is 0 Å². The van der Waals surface area contributed by atoms with E-state index in [0.29, 0.717) is 0 Å². The maximum absolute atomic E-state index is 11.9. The van der Waals surface area contributed by atoms with Crippen LogP contribution in [-0.2, 0) is 13.0 Å². The Kier molecular flexibility index (Phi) is 11.4. The molecule has 0 amide bonds. The van der Waals surface area contributed by atoms with Crippen LogP contribution in [0.15, 0.2) is 46.2 Å². The fraction of sp³-hybridized carbons (Fsp3) is 0.455. The lowest BCUT2D eigenvalue weighted by Crippen LogP contribution is -2.38.